The zero-order chi connectivity index (χ0) is 24.4. The fourth-order valence-electron chi connectivity index (χ4n) is 3.41. The van der Waals surface area contributed by atoms with Gasteiger partial charge < -0.3 is 20.2 Å². The lowest BCUT2D eigenvalue weighted by Crippen LogP contribution is -2.35. The Balaban J connectivity index is 1.45. The zero-order valence-electron chi connectivity index (χ0n) is 19.0. The summed E-state index contributed by atoms with van der Waals surface area (Å²) >= 11 is 0. The van der Waals surface area contributed by atoms with Gasteiger partial charge in [0.25, 0.3) is 0 Å². The third kappa shape index (κ3) is 8.02. The Labute approximate surface area is 196 Å². The highest BCUT2D eigenvalue weighted by molar-refractivity contribution is 5.99. The molecule has 34 heavy (non-hydrogen) atoms. The van der Waals surface area contributed by atoms with E-state index in [2.05, 4.69) is 20.8 Å². The molecular weight excluding hydrogens is 449 g/mol. The average Bonchev–Trinajstić information content (AvgIpc) is 2.85. The number of hydrogen-bond acceptors (Lipinski definition) is 6. The first-order chi connectivity index (χ1) is 16.3. The predicted octanol–water partition coefficient (Wildman–Crippen LogP) is 4.39. The second kappa shape index (κ2) is 12.4. The summed E-state index contributed by atoms with van der Waals surface area (Å²) in [7, 11) is 0. The van der Waals surface area contributed by atoms with Crippen LogP contribution in [0.5, 0.6) is 0 Å². The molecule has 2 heterocycles. The topological polar surface area (TPSA) is 84.8 Å². The number of anilines is 1. The monoisotopic (exact) mass is 478 g/mol. The summed E-state index contributed by atoms with van der Waals surface area (Å²) in [6.07, 6.45) is -0.226. The number of benzene rings is 1. The Bertz CT molecular complexity index is 941. The van der Waals surface area contributed by atoms with Gasteiger partial charge in [0.15, 0.2) is 0 Å². The number of carbonyl (C=O) groups is 1. The smallest absolute Gasteiger partial charge is 0.391 e. The molecule has 0 aliphatic carbocycles. The molecule has 1 aromatic heterocycles. The van der Waals surface area contributed by atoms with Crippen LogP contribution in [0.1, 0.15) is 42.9 Å². The highest BCUT2D eigenvalue weighted by Crippen LogP contribution is 2.29. The highest BCUT2D eigenvalue weighted by Gasteiger charge is 2.29. The largest absolute Gasteiger partial charge is 0.416 e. The third-order valence-corrected chi connectivity index (χ3v) is 5.48. The number of rotatable bonds is 10. The van der Waals surface area contributed by atoms with Gasteiger partial charge in [-0.25, -0.2) is 4.98 Å². The van der Waals surface area contributed by atoms with Gasteiger partial charge in [0, 0.05) is 31.5 Å². The van der Waals surface area contributed by atoms with Crippen molar-refractivity contribution >= 4 is 17.4 Å². The van der Waals surface area contributed by atoms with E-state index in [4.69, 9.17) is 9.57 Å². The molecule has 184 valence electrons. The van der Waals surface area contributed by atoms with Gasteiger partial charge in [-0.05, 0) is 55.0 Å². The van der Waals surface area contributed by atoms with E-state index in [1.807, 2.05) is 13.0 Å². The first-order valence-corrected chi connectivity index (χ1v) is 11.2. The molecule has 1 aliphatic heterocycles. The van der Waals surface area contributed by atoms with Gasteiger partial charge in [0.2, 0.25) is 5.91 Å². The van der Waals surface area contributed by atoms with E-state index in [0.29, 0.717) is 36.0 Å². The van der Waals surface area contributed by atoms with Crippen LogP contribution in [0, 0.1) is 5.92 Å². The van der Waals surface area contributed by atoms with Crippen molar-refractivity contribution in [2.45, 2.75) is 39.0 Å². The second-order valence-corrected chi connectivity index (χ2v) is 8.01. The number of carbonyl (C=O) groups excluding carboxylic acids is 1. The van der Waals surface area contributed by atoms with E-state index < -0.39 is 11.7 Å². The van der Waals surface area contributed by atoms with E-state index in [0.717, 1.165) is 43.8 Å². The van der Waals surface area contributed by atoms with Crippen molar-refractivity contribution in [1.29, 1.82) is 0 Å². The lowest BCUT2D eigenvalue weighted by Gasteiger charge is -2.22. The summed E-state index contributed by atoms with van der Waals surface area (Å²) in [5.41, 5.74) is 1.29. The molecule has 0 spiro atoms. The summed E-state index contributed by atoms with van der Waals surface area (Å²) in [6.45, 7) is 4.24. The number of aromatic nitrogens is 1. The SMILES string of the molecule is CC/C(=N\OCc1ccc(C(F)(F)F)cc1)c1ccc(NCC(=O)NCC2CCOCC2)nc1. The number of halogens is 3. The molecule has 3 rings (SSSR count). The van der Waals surface area contributed by atoms with Crippen LogP contribution in [0.4, 0.5) is 19.0 Å². The van der Waals surface area contributed by atoms with Crippen molar-refractivity contribution in [3.63, 3.8) is 0 Å². The van der Waals surface area contributed by atoms with Crippen molar-refractivity contribution in [3.8, 4) is 0 Å². The van der Waals surface area contributed by atoms with Gasteiger partial charge in [0.1, 0.15) is 12.4 Å². The Morgan fingerprint density at radius 1 is 1.18 bits per heavy atom. The summed E-state index contributed by atoms with van der Waals surface area (Å²) in [6, 6.07) is 8.34. The van der Waals surface area contributed by atoms with E-state index in [1.165, 1.54) is 12.1 Å². The molecule has 0 saturated carbocycles. The molecule has 10 heteroatoms. The summed E-state index contributed by atoms with van der Waals surface area (Å²) < 4.78 is 43.3. The number of nitrogens with zero attached hydrogens (tertiary/aromatic N) is 2. The van der Waals surface area contributed by atoms with Gasteiger partial charge in [0.05, 0.1) is 17.8 Å². The fourth-order valence-corrected chi connectivity index (χ4v) is 3.41. The molecule has 1 aromatic carbocycles. The molecule has 0 atom stereocenters. The van der Waals surface area contributed by atoms with Crippen LogP contribution in [0.2, 0.25) is 0 Å². The van der Waals surface area contributed by atoms with Crippen LogP contribution in [-0.4, -0.2) is 42.9 Å². The number of nitrogens with one attached hydrogen (secondary N) is 2. The minimum absolute atomic E-state index is 0.0533. The van der Waals surface area contributed by atoms with Crippen LogP contribution in [0.25, 0.3) is 0 Å². The van der Waals surface area contributed by atoms with Crippen LogP contribution in [-0.2, 0) is 27.2 Å². The van der Waals surface area contributed by atoms with Crippen molar-refractivity contribution in [1.82, 2.24) is 10.3 Å². The van der Waals surface area contributed by atoms with Crippen molar-refractivity contribution in [2.75, 3.05) is 31.6 Å². The molecule has 1 aliphatic rings. The number of ether oxygens (including phenoxy) is 1. The van der Waals surface area contributed by atoms with Gasteiger partial charge >= 0.3 is 6.18 Å². The molecule has 7 nitrogen and oxygen atoms in total. The minimum Gasteiger partial charge on any atom is -0.391 e. The van der Waals surface area contributed by atoms with Crippen LogP contribution >= 0.6 is 0 Å². The average molecular weight is 479 g/mol. The fraction of sp³-hybridized carbons (Fsp3) is 0.458. The van der Waals surface area contributed by atoms with Gasteiger partial charge in [-0.15, -0.1) is 0 Å². The van der Waals surface area contributed by atoms with Gasteiger partial charge in [-0.3, -0.25) is 4.79 Å². The number of pyridine rings is 1. The Hall–Kier alpha value is -3.14. The first kappa shape index (κ1) is 25.5. The Morgan fingerprint density at radius 2 is 1.91 bits per heavy atom. The van der Waals surface area contributed by atoms with Crippen molar-refractivity contribution < 1.29 is 27.5 Å². The molecule has 0 unspecified atom stereocenters. The van der Waals surface area contributed by atoms with E-state index in [1.54, 1.807) is 12.3 Å². The molecule has 0 bridgehead atoms. The summed E-state index contributed by atoms with van der Waals surface area (Å²) in [5, 5.41) is 10.0. The van der Waals surface area contributed by atoms with Gasteiger partial charge in [-0.1, -0.05) is 24.2 Å². The predicted molar refractivity (Wildman–Crippen MR) is 122 cm³/mol. The summed E-state index contributed by atoms with van der Waals surface area (Å²) in [4.78, 5) is 21.7. The van der Waals surface area contributed by atoms with Crippen LogP contribution < -0.4 is 10.6 Å². The highest BCUT2D eigenvalue weighted by atomic mass is 19.4. The minimum atomic E-state index is -4.37. The number of oxime groups is 1. The Morgan fingerprint density at radius 3 is 2.53 bits per heavy atom. The zero-order valence-corrected chi connectivity index (χ0v) is 19.0. The molecule has 2 aromatic rings. The molecule has 2 N–H and O–H groups in total. The maximum atomic E-state index is 12.6. The molecule has 0 radical (unpaired) electrons. The third-order valence-electron chi connectivity index (χ3n) is 5.48. The van der Waals surface area contributed by atoms with Gasteiger partial charge in [-0.2, -0.15) is 13.2 Å². The maximum absolute atomic E-state index is 12.6. The van der Waals surface area contributed by atoms with E-state index >= 15 is 0 Å². The number of hydrogen-bond donors (Lipinski definition) is 2. The normalized spacial score (nSPS) is 15.1. The first-order valence-electron chi connectivity index (χ1n) is 11.2. The van der Waals surface area contributed by atoms with Crippen LogP contribution in [0.15, 0.2) is 47.8 Å². The van der Waals surface area contributed by atoms with E-state index in [-0.39, 0.29) is 19.1 Å². The van der Waals surface area contributed by atoms with E-state index in [9.17, 15) is 18.0 Å². The van der Waals surface area contributed by atoms with Crippen molar-refractivity contribution in [3.05, 3.63) is 59.3 Å². The van der Waals surface area contributed by atoms with Crippen molar-refractivity contribution in [2.24, 2.45) is 11.1 Å². The van der Waals surface area contributed by atoms with Crippen LogP contribution in [0.3, 0.4) is 0 Å². The second-order valence-electron chi connectivity index (χ2n) is 8.01. The molecule has 1 fully saturated rings. The quantitative estimate of drug-likeness (QED) is 0.391. The number of amides is 1. The number of alkyl halides is 3. The maximum Gasteiger partial charge on any atom is 0.416 e. The molecular formula is C24H29F3N4O3. The standard InChI is InChI=1S/C24H29F3N4O3/c1-2-21(31-34-16-18-3-6-20(7-4-18)24(25,26)27)19-5-8-22(28-14-19)29-15-23(32)30-13-17-9-11-33-12-10-17/h3-8,14,17H,2,9-13,15-16H2,1H3,(H,28,29)(H,30,32)/b31-21+. The lowest BCUT2D eigenvalue weighted by atomic mass is 10.0. The molecule has 1 amide bonds. The Kier molecular flexibility index (Phi) is 9.26. The summed E-state index contributed by atoms with van der Waals surface area (Å²) in [5.74, 6) is 0.930. The lowest BCUT2D eigenvalue weighted by molar-refractivity contribution is -0.137. The molecule has 1 saturated heterocycles.